The molecule has 7 heteroatoms. The van der Waals surface area contributed by atoms with Gasteiger partial charge in [-0.05, 0) is 89.3 Å². The van der Waals surface area contributed by atoms with Crippen LogP contribution < -0.4 is 10.6 Å². The third kappa shape index (κ3) is 10.3. The number of alkyl carbamates (subject to hydrolysis) is 1. The number of benzene rings is 1. The van der Waals surface area contributed by atoms with E-state index in [9.17, 15) is 14.4 Å². The molecule has 0 radical (unpaired) electrons. The van der Waals surface area contributed by atoms with Gasteiger partial charge in [0, 0.05) is 12.6 Å². The molecule has 0 saturated heterocycles. The summed E-state index contributed by atoms with van der Waals surface area (Å²) in [5.41, 5.74) is 2.05. The third-order valence-electron chi connectivity index (χ3n) is 6.67. The van der Waals surface area contributed by atoms with Crippen LogP contribution in [0.15, 0.2) is 18.2 Å². The van der Waals surface area contributed by atoms with Crippen molar-refractivity contribution >= 4 is 17.9 Å². The minimum Gasteiger partial charge on any atom is -0.444 e. The number of ether oxygens (including phenoxy) is 1. The van der Waals surface area contributed by atoms with Crippen molar-refractivity contribution < 1.29 is 19.1 Å². The summed E-state index contributed by atoms with van der Waals surface area (Å²) >= 11 is 0. The number of nitrogens with zero attached hydrogens (tertiary/aromatic N) is 1. The quantitative estimate of drug-likeness (QED) is 0.286. The topological polar surface area (TPSA) is 87.7 Å². The molecule has 2 N–H and O–H groups in total. The Bertz CT molecular complexity index is 900. The van der Waals surface area contributed by atoms with Gasteiger partial charge in [0.1, 0.15) is 17.7 Å². The minimum atomic E-state index is -0.846. The molecule has 3 amide bonds. The van der Waals surface area contributed by atoms with E-state index in [0.29, 0.717) is 12.5 Å². The number of hydrogen-bond donors (Lipinski definition) is 2. The number of nitrogens with one attached hydrogen (secondary N) is 2. The SMILES string of the molecule is CCCCNC(=O)C(c1c(C)cccc1C)N(C(=O)C(NC(=O)OC(C)(C)C)C(C)C)C(C)CCC(C)C. The zero-order valence-electron chi connectivity index (χ0n) is 25.7. The molecule has 0 heterocycles. The van der Waals surface area contributed by atoms with E-state index in [1.807, 2.05) is 52.8 Å². The monoisotopic (exact) mass is 531 g/mol. The first-order valence-electron chi connectivity index (χ1n) is 14.3. The van der Waals surface area contributed by atoms with Crippen molar-refractivity contribution in [1.29, 1.82) is 0 Å². The number of rotatable bonds is 13. The molecule has 0 aliphatic heterocycles. The number of unbranched alkanes of at least 4 members (excludes halogenated alkanes) is 1. The molecule has 38 heavy (non-hydrogen) atoms. The molecule has 0 saturated carbocycles. The van der Waals surface area contributed by atoms with Gasteiger partial charge in [0.2, 0.25) is 11.8 Å². The Balaban J connectivity index is 3.66. The second kappa shape index (κ2) is 15.1. The van der Waals surface area contributed by atoms with Crippen molar-refractivity contribution in [3.8, 4) is 0 Å². The average molecular weight is 532 g/mol. The Morgan fingerprint density at radius 2 is 1.55 bits per heavy atom. The molecular weight excluding hydrogens is 478 g/mol. The van der Waals surface area contributed by atoms with Gasteiger partial charge in [-0.25, -0.2) is 4.79 Å². The normalized spacial score (nSPS) is 14.1. The Morgan fingerprint density at radius 1 is 0.974 bits per heavy atom. The van der Waals surface area contributed by atoms with Gasteiger partial charge in [0.25, 0.3) is 0 Å². The highest BCUT2D eigenvalue weighted by Gasteiger charge is 2.40. The highest BCUT2D eigenvalue weighted by molar-refractivity contribution is 5.93. The molecule has 7 nitrogen and oxygen atoms in total. The number of hydrogen-bond acceptors (Lipinski definition) is 4. The standard InChI is InChI=1S/C31H53N3O4/c1-12-13-19-32-28(35)27(25-22(6)15-14-16-23(25)7)34(24(8)18-17-20(2)3)29(36)26(21(4)5)33-30(37)38-31(9,10)11/h14-16,20-21,24,26-27H,12-13,17-19H2,1-11H3,(H,32,35)(H,33,37). The van der Waals surface area contributed by atoms with Crippen molar-refractivity contribution in [3.63, 3.8) is 0 Å². The van der Waals surface area contributed by atoms with Gasteiger partial charge in [-0.1, -0.05) is 59.2 Å². The Morgan fingerprint density at radius 3 is 2.03 bits per heavy atom. The Hall–Kier alpha value is -2.57. The first-order valence-corrected chi connectivity index (χ1v) is 14.3. The summed E-state index contributed by atoms with van der Waals surface area (Å²) in [5.74, 6) is -0.232. The lowest BCUT2D eigenvalue weighted by Gasteiger charge is -2.40. The highest BCUT2D eigenvalue weighted by Crippen LogP contribution is 2.32. The van der Waals surface area contributed by atoms with Gasteiger partial charge in [0.05, 0.1) is 0 Å². The summed E-state index contributed by atoms with van der Waals surface area (Å²) in [4.78, 5) is 42.8. The lowest BCUT2D eigenvalue weighted by atomic mass is 9.90. The van der Waals surface area contributed by atoms with E-state index in [1.165, 1.54) is 0 Å². The van der Waals surface area contributed by atoms with Crippen molar-refractivity contribution in [1.82, 2.24) is 15.5 Å². The van der Waals surface area contributed by atoms with Crippen LogP contribution in [-0.2, 0) is 14.3 Å². The predicted octanol–water partition coefficient (Wildman–Crippen LogP) is 6.46. The molecule has 216 valence electrons. The zero-order valence-corrected chi connectivity index (χ0v) is 25.7. The van der Waals surface area contributed by atoms with E-state index >= 15 is 0 Å². The summed E-state index contributed by atoms with van der Waals surface area (Å²) in [6.07, 6.45) is 2.82. The van der Waals surface area contributed by atoms with Crippen molar-refractivity contribution in [2.45, 2.75) is 126 Å². The fourth-order valence-corrected chi connectivity index (χ4v) is 4.56. The van der Waals surface area contributed by atoms with Crippen LogP contribution in [0.1, 0.15) is 111 Å². The van der Waals surface area contributed by atoms with Crippen LogP contribution in [0, 0.1) is 25.7 Å². The van der Waals surface area contributed by atoms with E-state index in [1.54, 1.807) is 25.7 Å². The molecule has 0 fully saturated rings. The molecule has 0 bridgehead atoms. The van der Waals surface area contributed by atoms with Gasteiger partial charge in [-0.3, -0.25) is 9.59 Å². The first kappa shape index (κ1) is 33.5. The zero-order chi connectivity index (χ0) is 29.2. The second-order valence-electron chi connectivity index (χ2n) is 12.3. The van der Waals surface area contributed by atoms with Crippen LogP contribution in [-0.4, -0.2) is 47.0 Å². The Kier molecular flexibility index (Phi) is 13.3. The molecule has 3 unspecified atom stereocenters. The highest BCUT2D eigenvalue weighted by atomic mass is 16.6. The maximum Gasteiger partial charge on any atom is 0.408 e. The fraction of sp³-hybridized carbons (Fsp3) is 0.710. The van der Waals surface area contributed by atoms with Gasteiger partial charge in [-0.2, -0.15) is 0 Å². The number of aryl methyl sites for hydroxylation is 2. The van der Waals surface area contributed by atoms with Crippen LogP contribution in [0.25, 0.3) is 0 Å². The van der Waals surface area contributed by atoms with E-state index in [-0.39, 0.29) is 23.8 Å². The van der Waals surface area contributed by atoms with E-state index in [0.717, 1.165) is 42.4 Å². The van der Waals surface area contributed by atoms with E-state index in [4.69, 9.17) is 4.74 Å². The lowest BCUT2D eigenvalue weighted by Crippen LogP contribution is -2.57. The number of carbonyl (C=O) groups is 3. The molecule has 0 aliphatic carbocycles. The van der Waals surface area contributed by atoms with Crippen LogP contribution in [0.2, 0.25) is 0 Å². The molecule has 0 spiro atoms. The summed E-state index contributed by atoms with van der Waals surface area (Å²) in [7, 11) is 0. The van der Waals surface area contributed by atoms with Crippen molar-refractivity contribution in [2.75, 3.05) is 6.54 Å². The molecule has 1 rings (SSSR count). The summed E-state index contributed by atoms with van der Waals surface area (Å²) in [5, 5.41) is 5.90. The Labute approximate surface area is 231 Å². The van der Waals surface area contributed by atoms with Gasteiger partial charge in [0.15, 0.2) is 0 Å². The largest absolute Gasteiger partial charge is 0.444 e. The fourth-order valence-electron chi connectivity index (χ4n) is 4.56. The number of carbonyl (C=O) groups excluding carboxylic acids is 3. The van der Waals surface area contributed by atoms with Gasteiger partial charge >= 0.3 is 6.09 Å². The molecule has 3 atom stereocenters. The maximum absolute atomic E-state index is 14.4. The summed E-state index contributed by atoms with van der Waals surface area (Å²) < 4.78 is 5.48. The summed E-state index contributed by atoms with van der Waals surface area (Å²) in [6, 6.07) is 4.04. The number of amides is 3. The molecule has 0 aromatic heterocycles. The average Bonchev–Trinajstić information content (AvgIpc) is 2.78. The van der Waals surface area contributed by atoms with Crippen LogP contribution in [0.3, 0.4) is 0 Å². The third-order valence-corrected chi connectivity index (χ3v) is 6.67. The predicted molar refractivity (Wildman–Crippen MR) is 155 cm³/mol. The first-order chi connectivity index (χ1) is 17.6. The molecule has 0 aliphatic rings. The van der Waals surface area contributed by atoms with Crippen molar-refractivity contribution in [3.05, 3.63) is 34.9 Å². The molecular formula is C31H53N3O4. The van der Waals surface area contributed by atoms with Crippen molar-refractivity contribution in [2.24, 2.45) is 11.8 Å². The lowest BCUT2D eigenvalue weighted by molar-refractivity contribution is -0.146. The summed E-state index contributed by atoms with van der Waals surface area (Å²) in [6.45, 7) is 22.1. The van der Waals surface area contributed by atoms with Crippen LogP contribution in [0.5, 0.6) is 0 Å². The minimum absolute atomic E-state index is 0.194. The smallest absolute Gasteiger partial charge is 0.408 e. The van der Waals surface area contributed by atoms with Gasteiger partial charge < -0.3 is 20.3 Å². The molecule has 1 aromatic rings. The molecule has 1 aromatic carbocycles. The van der Waals surface area contributed by atoms with Crippen LogP contribution in [0.4, 0.5) is 4.79 Å². The van der Waals surface area contributed by atoms with E-state index < -0.39 is 23.8 Å². The van der Waals surface area contributed by atoms with E-state index in [2.05, 4.69) is 31.4 Å². The maximum atomic E-state index is 14.4. The second-order valence-corrected chi connectivity index (χ2v) is 12.3. The van der Waals surface area contributed by atoms with Gasteiger partial charge in [-0.15, -0.1) is 0 Å². The van der Waals surface area contributed by atoms with Crippen LogP contribution >= 0.6 is 0 Å².